The molecule has 0 radical (unpaired) electrons. The van der Waals surface area contributed by atoms with E-state index in [1.165, 1.54) is 77.7 Å². The van der Waals surface area contributed by atoms with E-state index in [4.69, 9.17) is 4.74 Å². The highest BCUT2D eigenvalue weighted by Crippen LogP contribution is 2.31. The molecule has 1 aliphatic heterocycles. The highest BCUT2D eigenvalue weighted by Gasteiger charge is 2.36. The summed E-state index contributed by atoms with van der Waals surface area (Å²) in [6, 6.07) is 0. The Morgan fingerprint density at radius 3 is 1.86 bits per heavy atom. The Kier molecular flexibility index (Phi) is 11.4. The van der Waals surface area contributed by atoms with Crippen LogP contribution in [0.5, 0.6) is 0 Å². The first-order valence-electron chi connectivity index (χ1n) is 9.50. The van der Waals surface area contributed by atoms with Gasteiger partial charge in [0.05, 0.1) is 19.3 Å². The summed E-state index contributed by atoms with van der Waals surface area (Å²) >= 11 is 0. The maximum absolute atomic E-state index is 10.9. The summed E-state index contributed by atoms with van der Waals surface area (Å²) in [5.41, 5.74) is 0. The monoisotopic (exact) mass is 312 g/mol. The molecule has 0 N–H and O–H groups in total. The number of rotatable bonds is 15. The molecule has 2 atom stereocenters. The Balaban J connectivity index is 1.73. The van der Waals surface area contributed by atoms with Crippen molar-refractivity contribution in [2.45, 2.75) is 109 Å². The van der Waals surface area contributed by atoms with Crippen LogP contribution in [0.25, 0.3) is 0 Å². The smallest absolute Gasteiger partial charge is 0.305 e. The second-order valence-electron chi connectivity index (χ2n) is 6.65. The zero-order valence-corrected chi connectivity index (χ0v) is 14.8. The van der Waals surface area contributed by atoms with Crippen LogP contribution >= 0.6 is 0 Å². The first-order chi connectivity index (χ1) is 10.8. The molecule has 3 heteroatoms. The number of ether oxygens (including phenoxy) is 2. The van der Waals surface area contributed by atoms with Crippen molar-refractivity contribution in [2.24, 2.45) is 0 Å². The van der Waals surface area contributed by atoms with Gasteiger partial charge < -0.3 is 9.47 Å². The number of carbonyl (C=O) groups excluding carboxylic acids is 1. The van der Waals surface area contributed by atoms with Gasteiger partial charge in [-0.2, -0.15) is 0 Å². The quantitative estimate of drug-likeness (QED) is 0.230. The summed E-state index contributed by atoms with van der Waals surface area (Å²) in [7, 11) is 1.46. The highest BCUT2D eigenvalue weighted by molar-refractivity contribution is 5.68. The van der Waals surface area contributed by atoms with E-state index in [-0.39, 0.29) is 5.97 Å². The van der Waals surface area contributed by atoms with Gasteiger partial charge in [0.25, 0.3) is 0 Å². The van der Waals surface area contributed by atoms with Crippen molar-refractivity contribution < 1.29 is 14.3 Å². The third-order valence-electron chi connectivity index (χ3n) is 4.63. The molecule has 0 aromatic heterocycles. The van der Waals surface area contributed by atoms with Gasteiger partial charge in [-0.05, 0) is 19.3 Å². The van der Waals surface area contributed by atoms with Crippen LogP contribution in [0.3, 0.4) is 0 Å². The summed E-state index contributed by atoms with van der Waals surface area (Å²) in [6.45, 7) is 2.25. The minimum Gasteiger partial charge on any atom is -0.469 e. The minimum absolute atomic E-state index is 0.0738. The number of hydrogen-bond acceptors (Lipinski definition) is 3. The third-order valence-corrected chi connectivity index (χ3v) is 4.63. The number of methoxy groups -OCH3 is 1. The van der Waals surface area contributed by atoms with Gasteiger partial charge in [0.15, 0.2) is 0 Å². The molecule has 0 aliphatic carbocycles. The maximum atomic E-state index is 10.9. The average molecular weight is 312 g/mol. The Labute approximate surface area is 137 Å². The van der Waals surface area contributed by atoms with E-state index in [1.807, 2.05) is 0 Å². The lowest BCUT2D eigenvalue weighted by Crippen LogP contribution is -1.99. The molecule has 0 bridgehead atoms. The molecule has 0 aromatic rings. The Morgan fingerprint density at radius 1 is 0.818 bits per heavy atom. The van der Waals surface area contributed by atoms with Crippen molar-refractivity contribution in [3.8, 4) is 0 Å². The molecule has 0 aromatic carbocycles. The fourth-order valence-electron chi connectivity index (χ4n) is 3.06. The lowest BCUT2D eigenvalue weighted by Gasteiger charge is -2.02. The van der Waals surface area contributed by atoms with Crippen LogP contribution in [-0.4, -0.2) is 25.3 Å². The van der Waals surface area contributed by atoms with Gasteiger partial charge in [0.2, 0.25) is 0 Å². The van der Waals surface area contributed by atoms with E-state index in [2.05, 4.69) is 11.7 Å². The molecule has 1 saturated heterocycles. The topological polar surface area (TPSA) is 38.8 Å². The van der Waals surface area contributed by atoms with Crippen molar-refractivity contribution in [1.82, 2.24) is 0 Å². The summed E-state index contributed by atoms with van der Waals surface area (Å²) in [4.78, 5) is 10.9. The van der Waals surface area contributed by atoms with Gasteiger partial charge in [0.1, 0.15) is 0 Å². The molecule has 1 fully saturated rings. The normalized spacial score (nSPS) is 20.1. The number of carbonyl (C=O) groups is 1. The second kappa shape index (κ2) is 12.9. The number of esters is 1. The second-order valence-corrected chi connectivity index (χ2v) is 6.65. The number of hydrogen-bond donors (Lipinski definition) is 0. The van der Waals surface area contributed by atoms with Crippen molar-refractivity contribution >= 4 is 5.97 Å². The lowest BCUT2D eigenvalue weighted by atomic mass is 10.0. The molecule has 1 aliphatic rings. The molecule has 3 nitrogen and oxygen atoms in total. The zero-order chi connectivity index (χ0) is 16.0. The van der Waals surface area contributed by atoms with Crippen LogP contribution in [0.15, 0.2) is 0 Å². The van der Waals surface area contributed by atoms with E-state index >= 15 is 0 Å². The zero-order valence-electron chi connectivity index (χ0n) is 14.8. The SMILES string of the molecule is CCCCC[C@@H]1O[C@H]1CCCCCCCCCCC(=O)OC. The van der Waals surface area contributed by atoms with Crippen molar-refractivity contribution in [3.05, 3.63) is 0 Å². The largest absolute Gasteiger partial charge is 0.469 e. The predicted octanol–water partition coefficient (Wildman–Crippen LogP) is 5.41. The first-order valence-corrected chi connectivity index (χ1v) is 9.50. The molecule has 0 amide bonds. The fourth-order valence-corrected chi connectivity index (χ4v) is 3.06. The van der Waals surface area contributed by atoms with Crippen LogP contribution in [0.4, 0.5) is 0 Å². The van der Waals surface area contributed by atoms with Crippen molar-refractivity contribution in [3.63, 3.8) is 0 Å². The van der Waals surface area contributed by atoms with Crippen molar-refractivity contribution in [1.29, 1.82) is 0 Å². The van der Waals surface area contributed by atoms with Crippen LogP contribution < -0.4 is 0 Å². The molecule has 1 rings (SSSR count). The summed E-state index contributed by atoms with van der Waals surface area (Å²) in [5, 5.41) is 0. The molecule has 130 valence electrons. The molecular weight excluding hydrogens is 276 g/mol. The Bertz CT molecular complexity index is 278. The third kappa shape index (κ3) is 10.2. The van der Waals surface area contributed by atoms with Gasteiger partial charge in [0, 0.05) is 6.42 Å². The molecule has 0 unspecified atom stereocenters. The summed E-state index contributed by atoms with van der Waals surface area (Å²) < 4.78 is 10.4. The molecule has 22 heavy (non-hydrogen) atoms. The van der Waals surface area contributed by atoms with E-state index in [9.17, 15) is 4.79 Å². The van der Waals surface area contributed by atoms with Crippen molar-refractivity contribution in [2.75, 3.05) is 7.11 Å². The minimum atomic E-state index is -0.0738. The molecule has 1 heterocycles. The van der Waals surface area contributed by atoms with Crippen LogP contribution in [0, 0.1) is 0 Å². The van der Waals surface area contributed by atoms with Gasteiger partial charge in [-0.15, -0.1) is 0 Å². The first kappa shape index (κ1) is 19.5. The lowest BCUT2D eigenvalue weighted by molar-refractivity contribution is -0.140. The molecule has 0 saturated carbocycles. The van der Waals surface area contributed by atoms with E-state index in [0.29, 0.717) is 18.6 Å². The average Bonchev–Trinajstić information content (AvgIpc) is 3.27. The number of epoxide rings is 1. The maximum Gasteiger partial charge on any atom is 0.305 e. The summed E-state index contributed by atoms with van der Waals surface area (Å²) in [6.07, 6.45) is 18.4. The fraction of sp³-hybridized carbons (Fsp3) is 0.947. The number of unbranched alkanes of at least 4 members (excludes halogenated alkanes) is 9. The molecular formula is C19H36O3. The van der Waals surface area contributed by atoms with Crippen LogP contribution in [0.1, 0.15) is 96.8 Å². The Morgan fingerprint density at radius 2 is 1.32 bits per heavy atom. The van der Waals surface area contributed by atoms with Gasteiger partial charge in [-0.1, -0.05) is 71.1 Å². The van der Waals surface area contributed by atoms with Gasteiger partial charge in [-0.25, -0.2) is 0 Å². The van der Waals surface area contributed by atoms with E-state index in [0.717, 1.165) is 12.8 Å². The predicted molar refractivity (Wildman–Crippen MR) is 91.0 cm³/mol. The van der Waals surface area contributed by atoms with Gasteiger partial charge >= 0.3 is 5.97 Å². The molecule has 0 spiro atoms. The van der Waals surface area contributed by atoms with E-state index in [1.54, 1.807) is 0 Å². The van der Waals surface area contributed by atoms with Crippen LogP contribution in [0.2, 0.25) is 0 Å². The standard InChI is InChI=1S/C19H36O3/c1-3-4-11-14-17-18(22-17)15-12-9-7-5-6-8-10-13-16-19(20)21-2/h17-18H,3-16H2,1-2H3/t17-,18-/m0/s1. The van der Waals surface area contributed by atoms with Gasteiger partial charge in [-0.3, -0.25) is 4.79 Å². The van der Waals surface area contributed by atoms with Crippen LogP contribution in [-0.2, 0) is 14.3 Å². The Hall–Kier alpha value is -0.570. The summed E-state index contributed by atoms with van der Waals surface area (Å²) in [5.74, 6) is -0.0738. The van der Waals surface area contributed by atoms with E-state index < -0.39 is 0 Å². The highest BCUT2D eigenvalue weighted by atomic mass is 16.6.